The van der Waals surface area contributed by atoms with E-state index >= 15 is 0 Å². The molecule has 8 rings (SSSR count). The number of hydrogen-bond donors (Lipinski definition) is 3. The van der Waals surface area contributed by atoms with Crippen molar-refractivity contribution >= 4 is 64.4 Å². The summed E-state index contributed by atoms with van der Waals surface area (Å²) in [6.07, 6.45) is 0.648. The molecule has 0 unspecified atom stereocenters. The summed E-state index contributed by atoms with van der Waals surface area (Å²) >= 11 is 5.85. The van der Waals surface area contributed by atoms with Crippen LogP contribution in [0.1, 0.15) is 51.9 Å². The zero-order valence-electron chi connectivity index (χ0n) is 36.3. The molecule has 6 aromatic rings. The number of carbonyl (C=O) groups excluding carboxylic acids is 4. The predicted molar refractivity (Wildman–Crippen MR) is 241 cm³/mol. The number of nitrogens with zero attached hydrogens (tertiary/aromatic N) is 4. The van der Waals surface area contributed by atoms with E-state index in [2.05, 4.69) is 39.7 Å². The maximum atomic E-state index is 12.1. The van der Waals surface area contributed by atoms with E-state index in [0.717, 1.165) is 27.3 Å². The van der Waals surface area contributed by atoms with Gasteiger partial charge in [-0.2, -0.15) is 30.3 Å². The second kappa shape index (κ2) is 24.3. The first-order chi connectivity index (χ1) is 30.9. The van der Waals surface area contributed by atoms with Crippen LogP contribution in [0, 0.1) is 29.7 Å². The Balaban J connectivity index is 0.000000220. The molecule has 4 N–H and O–H groups in total. The van der Waals surface area contributed by atoms with Gasteiger partial charge in [0, 0.05) is 61.9 Å². The third-order valence-corrected chi connectivity index (χ3v) is 10.1. The Bertz CT molecular complexity index is 2860. The molecule has 4 aromatic carbocycles. The largest absolute Gasteiger partial charge is 1.00 e. The maximum Gasteiger partial charge on any atom is 1.00 e. The van der Waals surface area contributed by atoms with Crippen molar-refractivity contribution in [3.8, 4) is 34.9 Å². The Hall–Kier alpha value is -5.60. The van der Waals surface area contributed by atoms with Crippen LogP contribution < -0.4 is 57.1 Å². The van der Waals surface area contributed by atoms with E-state index in [-0.39, 0.29) is 81.0 Å². The van der Waals surface area contributed by atoms with E-state index in [0.29, 0.717) is 47.9 Å². The van der Waals surface area contributed by atoms with Gasteiger partial charge in [0.15, 0.2) is 5.69 Å². The minimum absolute atomic E-state index is 0. The zero-order chi connectivity index (χ0) is 47.3. The van der Waals surface area contributed by atoms with Crippen molar-refractivity contribution in [3.05, 3.63) is 143 Å². The summed E-state index contributed by atoms with van der Waals surface area (Å²) in [5, 5.41) is 24.0. The van der Waals surface area contributed by atoms with Gasteiger partial charge in [-0.15, -0.1) is 5.92 Å². The topological polar surface area (TPSA) is 176 Å². The molecule has 0 spiro atoms. The second-order valence-corrected chi connectivity index (χ2v) is 14.9. The molecule has 2 aromatic heterocycles. The number of likely N-dealkylation sites (tertiary alicyclic amines) is 2. The molecule has 0 saturated carbocycles. The van der Waals surface area contributed by atoms with E-state index in [9.17, 15) is 42.3 Å². The molecule has 2 atom stereocenters. The predicted octanol–water partition coefficient (Wildman–Crippen LogP) is 3.33. The number of pyridine rings is 2. The maximum absolute atomic E-state index is 12.1. The number of fused-ring (bicyclic) bond motifs is 2. The summed E-state index contributed by atoms with van der Waals surface area (Å²) in [6, 6.07) is 35.7. The van der Waals surface area contributed by atoms with E-state index < -0.39 is 30.6 Å². The van der Waals surface area contributed by atoms with Crippen molar-refractivity contribution in [2.75, 3.05) is 33.8 Å². The number of esters is 1. The molecule has 66 heavy (non-hydrogen) atoms. The van der Waals surface area contributed by atoms with Gasteiger partial charge in [0.2, 0.25) is 11.2 Å². The average Bonchev–Trinajstić information content (AvgIpc) is 3.71. The SMILES string of the molecule is CCOC(=O)c1nc(Cl)cc2ccccc12.CN1CC[C@@](O)(C#Cc2c[c-]ccc2)C1=O.CN1CC[C@@](O)(C#Cc2cccc(-c3cc4ccccc4c(C(N)=O)n3)c2)C1=O.FB(F)F.[K+]. The fourth-order valence-electron chi connectivity index (χ4n) is 6.57. The molecular weight excluding hydrogens is 901 g/mol. The van der Waals surface area contributed by atoms with Crippen LogP contribution in [0.5, 0.6) is 0 Å². The van der Waals surface area contributed by atoms with Gasteiger partial charge in [-0.3, -0.25) is 27.3 Å². The summed E-state index contributed by atoms with van der Waals surface area (Å²) in [4.78, 5) is 58.7. The Morgan fingerprint density at radius 3 is 1.85 bits per heavy atom. The fraction of sp³-hybridized carbons (Fsp3) is 0.208. The number of hydrogen-bond acceptors (Lipinski definition) is 9. The van der Waals surface area contributed by atoms with Crippen molar-refractivity contribution < 1.29 is 98.5 Å². The minimum atomic E-state index is -3.67. The molecule has 18 heteroatoms. The molecule has 2 aliphatic rings. The van der Waals surface area contributed by atoms with Gasteiger partial charge < -0.3 is 30.5 Å². The van der Waals surface area contributed by atoms with Crippen LogP contribution in [-0.2, 0) is 14.3 Å². The van der Waals surface area contributed by atoms with Crippen LogP contribution in [0.15, 0.2) is 109 Å². The quantitative estimate of drug-likeness (QED) is 0.0788. The third-order valence-electron chi connectivity index (χ3n) is 9.86. The fourth-order valence-corrected chi connectivity index (χ4v) is 6.78. The Morgan fingerprint density at radius 2 is 1.33 bits per heavy atom. The van der Waals surface area contributed by atoms with Crippen LogP contribution in [0.25, 0.3) is 32.8 Å². The number of carbonyl (C=O) groups is 4. The van der Waals surface area contributed by atoms with E-state index in [1.54, 1.807) is 51.4 Å². The first-order valence-electron chi connectivity index (χ1n) is 19.9. The third kappa shape index (κ3) is 14.0. The molecule has 4 heterocycles. The Labute approximate surface area is 427 Å². The molecule has 0 aliphatic carbocycles. The first-order valence-corrected chi connectivity index (χ1v) is 20.3. The first kappa shape index (κ1) is 53.0. The smallest absolute Gasteiger partial charge is 0.461 e. The summed E-state index contributed by atoms with van der Waals surface area (Å²) < 4.78 is 33.9. The zero-order valence-corrected chi connectivity index (χ0v) is 40.2. The number of rotatable bonds is 4. The number of nitrogens with two attached hydrogens (primary N) is 1. The minimum Gasteiger partial charge on any atom is -0.461 e. The van der Waals surface area contributed by atoms with E-state index in [1.807, 2.05) is 78.9 Å². The van der Waals surface area contributed by atoms with Crippen LogP contribution in [0.2, 0.25) is 5.15 Å². The Morgan fingerprint density at radius 1 is 0.803 bits per heavy atom. The van der Waals surface area contributed by atoms with Crippen molar-refractivity contribution in [1.82, 2.24) is 19.8 Å². The number of ether oxygens (including phenoxy) is 1. The van der Waals surface area contributed by atoms with Crippen LogP contribution >= 0.6 is 11.6 Å². The number of likely N-dealkylation sites (N-methyl/N-ethyl adjacent to an activating group) is 2. The molecular formula is C48H41BClF3KN5O7. The number of benzene rings is 4. The molecule has 0 radical (unpaired) electrons. The molecule has 0 bridgehead atoms. The van der Waals surface area contributed by atoms with E-state index in [1.165, 1.54) is 9.80 Å². The van der Waals surface area contributed by atoms with Gasteiger partial charge in [0.05, 0.1) is 12.3 Å². The summed E-state index contributed by atoms with van der Waals surface area (Å²) in [6.45, 7) is 3.10. The van der Waals surface area contributed by atoms with Crippen molar-refractivity contribution in [3.63, 3.8) is 0 Å². The number of aromatic nitrogens is 2. The van der Waals surface area contributed by atoms with Crippen molar-refractivity contribution in [1.29, 1.82) is 0 Å². The van der Waals surface area contributed by atoms with Crippen molar-refractivity contribution in [2.24, 2.45) is 5.73 Å². The number of primary amides is 1. The van der Waals surface area contributed by atoms with Crippen LogP contribution in [0.4, 0.5) is 12.9 Å². The van der Waals surface area contributed by atoms with Gasteiger partial charge in [0.1, 0.15) is 10.8 Å². The van der Waals surface area contributed by atoms with Crippen molar-refractivity contribution in [2.45, 2.75) is 31.0 Å². The molecule has 2 fully saturated rings. The number of halogens is 4. The monoisotopic (exact) mass is 941 g/mol. The van der Waals surface area contributed by atoms with Gasteiger partial charge in [0.25, 0.3) is 17.7 Å². The second-order valence-electron chi connectivity index (χ2n) is 14.5. The molecule has 2 aliphatic heterocycles. The average molecular weight is 942 g/mol. The van der Waals surface area contributed by atoms with Gasteiger partial charge >= 0.3 is 64.9 Å². The Kier molecular flexibility index (Phi) is 19.5. The molecule has 12 nitrogen and oxygen atoms in total. The van der Waals surface area contributed by atoms with Gasteiger partial charge in [-0.05, 0) is 42.0 Å². The summed E-state index contributed by atoms with van der Waals surface area (Å²) in [7, 11) is -0.359. The normalized spacial score (nSPS) is 16.9. The van der Waals surface area contributed by atoms with E-state index in [4.69, 9.17) is 22.1 Å². The molecule has 2 saturated heterocycles. The molecule has 3 amide bonds. The van der Waals surface area contributed by atoms with Crippen LogP contribution in [-0.4, -0.2) is 106 Å². The van der Waals surface area contributed by atoms with Gasteiger partial charge in [-0.1, -0.05) is 95.6 Å². The number of aliphatic hydroxyl groups is 2. The summed E-state index contributed by atoms with van der Waals surface area (Å²) in [5.41, 5.74) is 5.58. The molecule has 332 valence electrons. The number of amides is 3. The van der Waals surface area contributed by atoms with Crippen LogP contribution in [0.3, 0.4) is 0 Å². The van der Waals surface area contributed by atoms with Gasteiger partial charge in [-0.25, -0.2) is 14.8 Å². The standard InChI is InChI=1S/C23H19N3O3.C13H12NO2.C12H10ClNO2.BF3.K/c1-26-12-11-23(29,22(26)28)10-9-15-5-4-7-17(13-15)19-14-16-6-2-3-8-18(16)20(25-19)21(24)27;1-14-10-9-13(16,12(14)15)8-7-11-5-3-2-4-6-11;1-2-16-12(15)11-9-6-4-3-5-8(9)7-10(13)14-11;2-1(3)4;/h2-8,13-14,29H,11-12H2,1H3,(H2,24,27);2-3,5-6,16H,9-10H2,1H3;3-7H,2H2,1H3;;/q;-1;;;+1/t23-;13-;;;/m00.../s1. The summed E-state index contributed by atoms with van der Waals surface area (Å²) in [5.74, 6) is 9.32.